The Morgan fingerprint density at radius 1 is 1.05 bits per heavy atom. The smallest absolute Gasteiger partial charge is 0.201 e. The standard InChI is InChI=1S/C15H24O5/c1-8-4-5-11-9(2)12(16)17-13-15(11)10(8)6-7-14(3,18-13)19-20-15/h8-13,16H,4-7H2,1-3H3/t8-,9-,10-,11-,12-,13-,14+,15-/m1/s1. The maximum atomic E-state index is 10.2. The van der Waals surface area contributed by atoms with Gasteiger partial charge in [-0.3, -0.25) is 0 Å². The van der Waals surface area contributed by atoms with Crippen LogP contribution < -0.4 is 0 Å². The Morgan fingerprint density at radius 2 is 1.85 bits per heavy atom. The van der Waals surface area contributed by atoms with Crippen LogP contribution in [-0.4, -0.2) is 29.1 Å². The molecule has 1 N–H and O–H groups in total. The van der Waals surface area contributed by atoms with Gasteiger partial charge in [-0.05, 0) is 38.0 Å². The van der Waals surface area contributed by atoms with Gasteiger partial charge in [0.2, 0.25) is 5.79 Å². The van der Waals surface area contributed by atoms with Gasteiger partial charge in [-0.2, -0.15) is 0 Å². The molecule has 2 bridgehead atoms. The fourth-order valence-corrected chi connectivity index (χ4v) is 4.89. The van der Waals surface area contributed by atoms with E-state index in [1.54, 1.807) is 0 Å². The van der Waals surface area contributed by atoms with Crippen LogP contribution in [0.15, 0.2) is 0 Å². The van der Waals surface area contributed by atoms with E-state index in [2.05, 4.69) is 6.92 Å². The van der Waals surface area contributed by atoms with E-state index in [0.717, 1.165) is 19.3 Å². The maximum Gasteiger partial charge on any atom is 0.201 e. The molecular formula is C15H24O5. The third-order valence-electron chi connectivity index (χ3n) is 6.12. The highest BCUT2D eigenvalue weighted by Gasteiger charge is 2.69. The van der Waals surface area contributed by atoms with Crippen LogP contribution in [-0.2, 0) is 19.2 Å². The molecule has 4 heterocycles. The van der Waals surface area contributed by atoms with E-state index in [4.69, 9.17) is 19.2 Å². The summed E-state index contributed by atoms with van der Waals surface area (Å²) in [5.74, 6) is 0.437. The van der Waals surface area contributed by atoms with Crippen LogP contribution in [0.5, 0.6) is 0 Å². The highest BCUT2D eigenvalue weighted by Crippen LogP contribution is 2.60. The van der Waals surface area contributed by atoms with Crippen molar-refractivity contribution in [2.24, 2.45) is 23.7 Å². The second-order valence-corrected chi connectivity index (χ2v) is 7.30. The average Bonchev–Trinajstić information content (AvgIpc) is 2.63. The molecule has 0 radical (unpaired) electrons. The number of hydrogen-bond acceptors (Lipinski definition) is 5. The van der Waals surface area contributed by atoms with Crippen molar-refractivity contribution in [3.63, 3.8) is 0 Å². The van der Waals surface area contributed by atoms with Crippen LogP contribution in [0.4, 0.5) is 0 Å². The predicted molar refractivity (Wildman–Crippen MR) is 69.0 cm³/mol. The Bertz CT molecular complexity index is 411. The van der Waals surface area contributed by atoms with Gasteiger partial charge in [-0.25, -0.2) is 9.78 Å². The summed E-state index contributed by atoms with van der Waals surface area (Å²) in [6.45, 7) is 6.22. The van der Waals surface area contributed by atoms with E-state index in [1.807, 2.05) is 13.8 Å². The van der Waals surface area contributed by atoms with Crippen molar-refractivity contribution in [1.82, 2.24) is 0 Å². The Morgan fingerprint density at radius 3 is 2.65 bits per heavy atom. The van der Waals surface area contributed by atoms with E-state index in [-0.39, 0.29) is 11.8 Å². The minimum absolute atomic E-state index is 0.0379. The molecule has 0 aromatic carbocycles. The Labute approximate surface area is 119 Å². The van der Waals surface area contributed by atoms with Gasteiger partial charge < -0.3 is 14.6 Å². The van der Waals surface area contributed by atoms with Crippen LogP contribution in [0.25, 0.3) is 0 Å². The van der Waals surface area contributed by atoms with Crippen LogP contribution in [0, 0.1) is 23.7 Å². The van der Waals surface area contributed by atoms with E-state index in [9.17, 15) is 5.11 Å². The lowest BCUT2D eigenvalue weighted by Gasteiger charge is -2.59. The fraction of sp³-hybridized carbons (Fsp3) is 1.00. The lowest BCUT2D eigenvalue weighted by atomic mass is 9.58. The zero-order valence-electron chi connectivity index (χ0n) is 12.4. The van der Waals surface area contributed by atoms with Crippen LogP contribution >= 0.6 is 0 Å². The van der Waals surface area contributed by atoms with Crippen LogP contribution in [0.2, 0.25) is 0 Å². The maximum absolute atomic E-state index is 10.2. The molecule has 5 rings (SSSR count). The molecule has 1 aliphatic carbocycles. The summed E-state index contributed by atoms with van der Waals surface area (Å²) >= 11 is 0. The Kier molecular flexibility index (Phi) is 2.81. The van der Waals surface area contributed by atoms with Crippen LogP contribution in [0.3, 0.4) is 0 Å². The van der Waals surface area contributed by atoms with Gasteiger partial charge in [0.25, 0.3) is 0 Å². The van der Waals surface area contributed by atoms with E-state index < -0.39 is 24.0 Å². The molecule has 114 valence electrons. The van der Waals surface area contributed by atoms with Crippen molar-refractivity contribution in [3.8, 4) is 0 Å². The molecule has 0 aromatic rings. The molecular weight excluding hydrogens is 260 g/mol. The molecule has 4 saturated heterocycles. The van der Waals surface area contributed by atoms with Gasteiger partial charge in [-0.15, -0.1) is 0 Å². The number of aliphatic hydroxyl groups is 1. The number of hydrogen-bond donors (Lipinski definition) is 1. The van der Waals surface area contributed by atoms with Crippen molar-refractivity contribution >= 4 is 0 Å². The fourth-order valence-electron chi connectivity index (χ4n) is 4.89. The van der Waals surface area contributed by atoms with Crippen LogP contribution in [0.1, 0.15) is 46.5 Å². The molecule has 5 aliphatic rings. The summed E-state index contributed by atoms with van der Waals surface area (Å²) in [5.41, 5.74) is -0.549. The Hall–Kier alpha value is -0.200. The quantitative estimate of drug-likeness (QED) is 0.691. The highest BCUT2D eigenvalue weighted by atomic mass is 17.3. The molecule has 0 aromatic heterocycles. The number of ether oxygens (including phenoxy) is 2. The lowest BCUT2D eigenvalue weighted by Crippen LogP contribution is -2.70. The first-order valence-corrected chi connectivity index (χ1v) is 7.84. The van der Waals surface area contributed by atoms with Crippen molar-refractivity contribution in [2.45, 2.75) is 70.4 Å². The molecule has 0 unspecified atom stereocenters. The molecule has 1 saturated carbocycles. The summed E-state index contributed by atoms with van der Waals surface area (Å²) in [6, 6.07) is 0. The summed E-state index contributed by atoms with van der Waals surface area (Å²) in [7, 11) is 0. The Balaban J connectivity index is 1.82. The molecule has 5 fully saturated rings. The van der Waals surface area contributed by atoms with Crippen molar-refractivity contribution in [3.05, 3.63) is 0 Å². The minimum atomic E-state index is -0.781. The van der Waals surface area contributed by atoms with Crippen molar-refractivity contribution in [2.75, 3.05) is 0 Å². The summed E-state index contributed by atoms with van der Waals surface area (Å²) in [5, 5.41) is 10.2. The molecule has 5 heteroatoms. The van der Waals surface area contributed by atoms with Gasteiger partial charge in [0.15, 0.2) is 18.2 Å². The SMILES string of the molecule is C[C@H]1[C@H](O)O[C@@H]2O[C@]3(C)CC[C@@H]4[C@H](C)CC[C@H]1[C@@]24OO3. The van der Waals surface area contributed by atoms with Gasteiger partial charge in [0.1, 0.15) is 0 Å². The monoisotopic (exact) mass is 284 g/mol. The number of fused-ring (bicyclic) bond motifs is 2. The second kappa shape index (κ2) is 4.17. The molecule has 5 nitrogen and oxygen atoms in total. The number of aliphatic hydroxyl groups excluding tert-OH is 1. The van der Waals surface area contributed by atoms with E-state index in [0.29, 0.717) is 11.8 Å². The van der Waals surface area contributed by atoms with Crippen molar-refractivity contribution < 1.29 is 24.4 Å². The van der Waals surface area contributed by atoms with Crippen molar-refractivity contribution in [1.29, 1.82) is 0 Å². The molecule has 4 aliphatic heterocycles. The average molecular weight is 284 g/mol. The third-order valence-corrected chi connectivity index (χ3v) is 6.12. The van der Waals surface area contributed by atoms with Gasteiger partial charge >= 0.3 is 0 Å². The van der Waals surface area contributed by atoms with E-state index in [1.165, 1.54) is 6.42 Å². The normalized spacial score (nSPS) is 61.8. The first-order valence-electron chi connectivity index (χ1n) is 7.84. The zero-order chi connectivity index (χ0) is 14.1. The topological polar surface area (TPSA) is 57.2 Å². The summed E-state index contributed by atoms with van der Waals surface area (Å²) in [4.78, 5) is 11.6. The first-order chi connectivity index (χ1) is 9.46. The second-order valence-electron chi connectivity index (χ2n) is 7.30. The minimum Gasteiger partial charge on any atom is -0.368 e. The summed E-state index contributed by atoms with van der Waals surface area (Å²) in [6.07, 6.45) is 2.72. The summed E-state index contributed by atoms with van der Waals surface area (Å²) < 4.78 is 11.9. The van der Waals surface area contributed by atoms with Gasteiger partial charge in [0.05, 0.1) is 0 Å². The predicted octanol–water partition coefficient (Wildman–Crippen LogP) is 2.19. The third kappa shape index (κ3) is 1.56. The lowest BCUT2D eigenvalue weighted by molar-refractivity contribution is -0.576. The molecule has 20 heavy (non-hydrogen) atoms. The largest absolute Gasteiger partial charge is 0.368 e. The number of rotatable bonds is 0. The van der Waals surface area contributed by atoms with Gasteiger partial charge in [-0.1, -0.05) is 13.8 Å². The molecule has 0 amide bonds. The molecule has 8 atom stereocenters. The first kappa shape index (κ1) is 13.5. The van der Waals surface area contributed by atoms with E-state index >= 15 is 0 Å². The zero-order valence-corrected chi connectivity index (χ0v) is 12.4. The molecule has 1 spiro atoms. The highest BCUT2D eigenvalue weighted by molar-refractivity contribution is 5.08. The van der Waals surface area contributed by atoms with Gasteiger partial charge in [0, 0.05) is 18.3 Å².